The van der Waals surface area contributed by atoms with Gasteiger partial charge in [-0.3, -0.25) is 14.7 Å². The minimum atomic E-state index is -0.469. The van der Waals surface area contributed by atoms with Crippen molar-refractivity contribution < 1.29 is 9.18 Å². The van der Waals surface area contributed by atoms with Crippen LogP contribution in [0.3, 0.4) is 0 Å². The molecular weight excluding hydrogens is 547 g/mol. The Balaban J connectivity index is 0.00000225. The lowest BCUT2D eigenvalue weighted by Gasteiger charge is -2.19. The van der Waals surface area contributed by atoms with Crippen LogP contribution in [-0.4, -0.2) is 62.1 Å². The topological polar surface area (TPSA) is 88.8 Å². The highest BCUT2D eigenvalue weighted by Gasteiger charge is 2.11. The largest absolute Gasteiger partial charge is 0.349 e. The molecule has 1 amide bonds. The second kappa shape index (κ2) is 12.9. The second-order valence-electron chi connectivity index (χ2n) is 6.17. The van der Waals surface area contributed by atoms with Gasteiger partial charge in [-0.05, 0) is 47.3 Å². The number of fused-ring (bicyclic) bond motifs is 1. The fraction of sp³-hybridized carbons (Fsp3) is 0.389. The molecule has 0 spiro atoms. The average molecular weight is 570 g/mol. The number of amides is 1. The normalized spacial score (nSPS) is 10.5. The van der Waals surface area contributed by atoms with E-state index in [-0.39, 0.29) is 37.3 Å². The lowest BCUT2D eigenvalue weighted by molar-refractivity contribution is 0.0943. The van der Waals surface area contributed by atoms with Gasteiger partial charge in [0.15, 0.2) is 0 Å². The maximum Gasteiger partial charge on any atom is 0.271 e. The predicted molar refractivity (Wildman–Crippen MR) is 126 cm³/mol. The van der Waals surface area contributed by atoms with Crippen LogP contribution in [0.25, 0.3) is 11.0 Å². The first-order valence-electron chi connectivity index (χ1n) is 8.97. The first-order chi connectivity index (χ1) is 13.6. The summed E-state index contributed by atoms with van der Waals surface area (Å²) in [4.78, 5) is 23.2. The molecule has 0 aliphatic rings. The molecule has 3 rings (SSSR count). The van der Waals surface area contributed by atoms with Crippen molar-refractivity contribution in [1.29, 1.82) is 0 Å². The summed E-state index contributed by atoms with van der Waals surface area (Å²) in [5.41, 5.74) is 2.53. The molecule has 0 bridgehead atoms. The standard InChI is InChI=1S/C18H21FIN7O.2ClH/c1-2-26(11-14-12-27(7-5-19)25-24-14)8-6-21-18(28)17-10-22-16-9-13(20)3-4-15(16)23-17;;/h3-4,9-10,12H,2,5-8,11H2,1H3,(H,21,28);2*1H. The van der Waals surface area contributed by atoms with Crippen LogP contribution in [0.2, 0.25) is 0 Å². The molecule has 1 N–H and O–H groups in total. The fourth-order valence-corrected chi connectivity index (χ4v) is 3.17. The molecule has 12 heteroatoms. The molecule has 1 aromatic carbocycles. The van der Waals surface area contributed by atoms with Gasteiger partial charge in [0.1, 0.15) is 12.4 Å². The van der Waals surface area contributed by atoms with Crippen LogP contribution in [0.5, 0.6) is 0 Å². The Morgan fingerprint density at radius 1 is 1.30 bits per heavy atom. The number of aryl methyl sites for hydroxylation is 1. The number of alkyl halides is 1. The highest BCUT2D eigenvalue weighted by atomic mass is 127. The van der Waals surface area contributed by atoms with Crippen LogP contribution < -0.4 is 5.32 Å². The molecule has 0 aliphatic heterocycles. The molecule has 0 saturated heterocycles. The molecule has 164 valence electrons. The highest BCUT2D eigenvalue weighted by Crippen LogP contribution is 2.13. The van der Waals surface area contributed by atoms with Gasteiger partial charge in [0.2, 0.25) is 0 Å². The second-order valence-corrected chi connectivity index (χ2v) is 7.42. The van der Waals surface area contributed by atoms with Crippen LogP contribution in [0.1, 0.15) is 23.1 Å². The minimum Gasteiger partial charge on any atom is -0.349 e. The van der Waals surface area contributed by atoms with E-state index in [0.29, 0.717) is 30.8 Å². The zero-order valence-electron chi connectivity index (χ0n) is 16.3. The molecule has 0 unspecified atom stereocenters. The summed E-state index contributed by atoms with van der Waals surface area (Å²) in [5, 5.41) is 10.8. The smallest absolute Gasteiger partial charge is 0.271 e. The van der Waals surface area contributed by atoms with Crippen molar-refractivity contribution in [2.24, 2.45) is 0 Å². The maximum atomic E-state index is 12.4. The van der Waals surface area contributed by atoms with E-state index in [2.05, 4.69) is 53.1 Å². The Kier molecular flexibility index (Phi) is 11.4. The Hall–Kier alpha value is -1.63. The number of rotatable bonds is 9. The van der Waals surface area contributed by atoms with Crippen molar-refractivity contribution in [1.82, 2.24) is 35.2 Å². The number of nitrogens with zero attached hydrogens (tertiary/aromatic N) is 6. The summed E-state index contributed by atoms with van der Waals surface area (Å²) in [7, 11) is 0. The van der Waals surface area contributed by atoms with Gasteiger partial charge in [0.25, 0.3) is 5.91 Å². The Labute approximate surface area is 200 Å². The summed E-state index contributed by atoms with van der Waals surface area (Å²) in [6, 6.07) is 5.71. The fourth-order valence-electron chi connectivity index (χ4n) is 2.70. The van der Waals surface area contributed by atoms with Gasteiger partial charge < -0.3 is 5.32 Å². The quantitative estimate of drug-likeness (QED) is 0.399. The number of carbonyl (C=O) groups excluding carboxylic acids is 1. The van der Waals surface area contributed by atoms with Crippen LogP contribution in [-0.2, 0) is 13.1 Å². The molecule has 8 nitrogen and oxygen atoms in total. The summed E-state index contributed by atoms with van der Waals surface area (Å²) < 4.78 is 14.9. The van der Waals surface area contributed by atoms with Crippen molar-refractivity contribution in [3.8, 4) is 0 Å². The van der Waals surface area contributed by atoms with E-state index in [1.54, 1.807) is 6.20 Å². The van der Waals surface area contributed by atoms with E-state index in [0.717, 1.165) is 21.3 Å². The lowest BCUT2D eigenvalue weighted by atomic mass is 10.3. The van der Waals surface area contributed by atoms with Gasteiger partial charge in [0.05, 0.1) is 29.5 Å². The van der Waals surface area contributed by atoms with E-state index < -0.39 is 6.67 Å². The molecular formula is C18H23Cl2FIN7O. The molecule has 0 atom stereocenters. The summed E-state index contributed by atoms with van der Waals surface area (Å²) in [6.07, 6.45) is 3.24. The number of halogens is 4. The number of likely N-dealkylation sites (N-methyl/N-ethyl adjacent to an activating group) is 1. The van der Waals surface area contributed by atoms with E-state index in [1.165, 1.54) is 10.9 Å². The zero-order chi connectivity index (χ0) is 19.9. The van der Waals surface area contributed by atoms with Gasteiger partial charge in [-0.1, -0.05) is 12.1 Å². The molecule has 0 fully saturated rings. The van der Waals surface area contributed by atoms with Crippen molar-refractivity contribution in [2.75, 3.05) is 26.3 Å². The Bertz CT molecular complexity index is 959. The Morgan fingerprint density at radius 2 is 2.10 bits per heavy atom. The van der Waals surface area contributed by atoms with Crippen molar-refractivity contribution in [3.05, 3.63) is 45.6 Å². The van der Waals surface area contributed by atoms with Gasteiger partial charge >= 0.3 is 0 Å². The van der Waals surface area contributed by atoms with Gasteiger partial charge in [0, 0.05) is 29.4 Å². The molecule has 2 heterocycles. The van der Waals surface area contributed by atoms with Crippen LogP contribution in [0, 0.1) is 3.57 Å². The predicted octanol–water partition coefficient (Wildman–Crippen LogP) is 2.89. The SMILES string of the molecule is CCN(CCNC(=O)c1cnc2cc(I)ccc2n1)Cc1cn(CCF)nn1.Cl.Cl. The van der Waals surface area contributed by atoms with Gasteiger partial charge in [-0.2, -0.15) is 0 Å². The molecule has 30 heavy (non-hydrogen) atoms. The molecule has 0 saturated carbocycles. The number of aromatic nitrogens is 5. The van der Waals surface area contributed by atoms with E-state index in [9.17, 15) is 9.18 Å². The average Bonchev–Trinajstić information content (AvgIpc) is 3.14. The van der Waals surface area contributed by atoms with Crippen LogP contribution in [0.4, 0.5) is 4.39 Å². The van der Waals surface area contributed by atoms with Crippen LogP contribution in [0.15, 0.2) is 30.6 Å². The first-order valence-corrected chi connectivity index (χ1v) is 10.0. The third-order valence-electron chi connectivity index (χ3n) is 4.18. The summed E-state index contributed by atoms with van der Waals surface area (Å²) in [5.74, 6) is -0.252. The monoisotopic (exact) mass is 569 g/mol. The van der Waals surface area contributed by atoms with Gasteiger partial charge in [-0.25, -0.2) is 14.1 Å². The molecule has 0 radical (unpaired) electrons. The van der Waals surface area contributed by atoms with Crippen molar-refractivity contribution in [3.63, 3.8) is 0 Å². The van der Waals surface area contributed by atoms with E-state index in [1.807, 2.05) is 25.1 Å². The van der Waals surface area contributed by atoms with E-state index in [4.69, 9.17) is 0 Å². The number of hydrogen-bond donors (Lipinski definition) is 1. The van der Waals surface area contributed by atoms with Crippen molar-refractivity contribution in [2.45, 2.75) is 20.0 Å². The highest BCUT2D eigenvalue weighted by molar-refractivity contribution is 14.1. The van der Waals surface area contributed by atoms with Crippen LogP contribution >= 0.6 is 47.4 Å². The van der Waals surface area contributed by atoms with Gasteiger partial charge in [-0.15, -0.1) is 29.9 Å². The first kappa shape index (κ1) is 26.4. The number of hydrogen-bond acceptors (Lipinski definition) is 6. The summed E-state index contributed by atoms with van der Waals surface area (Å²) >= 11 is 2.21. The van der Waals surface area contributed by atoms with E-state index >= 15 is 0 Å². The molecule has 3 aromatic rings. The maximum absolute atomic E-state index is 12.4. The third-order valence-corrected chi connectivity index (χ3v) is 4.85. The number of benzene rings is 1. The summed E-state index contributed by atoms with van der Waals surface area (Å²) in [6.45, 7) is 4.27. The zero-order valence-corrected chi connectivity index (χ0v) is 20.1. The Morgan fingerprint density at radius 3 is 2.83 bits per heavy atom. The minimum absolute atomic E-state index is 0. The molecule has 0 aliphatic carbocycles. The third kappa shape index (κ3) is 7.25. The van der Waals surface area contributed by atoms with Crippen molar-refractivity contribution >= 4 is 64.3 Å². The number of carbonyl (C=O) groups is 1. The number of nitrogens with one attached hydrogen (secondary N) is 1. The molecule has 2 aromatic heterocycles. The lowest BCUT2D eigenvalue weighted by Crippen LogP contribution is -2.35.